The lowest BCUT2D eigenvalue weighted by Crippen LogP contribution is -2.06. The third kappa shape index (κ3) is 2.44. The highest BCUT2D eigenvalue weighted by Crippen LogP contribution is 2.24. The summed E-state index contributed by atoms with van der Waals surface area (Å²) in [4.78, 5) is 0. The second-order valence-electron chi connectivity index (χ2n) is 5.71. The predicted molar refractivity (Wildman–Crippen MR) is 82.1 cm³/mol. The number of anilines is 1. The van der Waals surface area contributed by atoms with Crippen molar-refractivity contribution in [2.75, 3.05) is 5.32 Å². The van der Waals surface area contributed by atoms with Gasteiger partial charge in [0.2, 0.25) is 0 Å². The van der Waals surface area contributed by atoms with Crippen LogP contribution in [0, 0.1) is 27.7 Å². The van der Waals surface area contributed by atoms with Gasteiger partial charge in [0.05, 0.1) is 22.8 Å². The van der Waals surface area contributed by atoms with Crippen LogP contribution >= 0.6 is 0 Å². The highest BCUT2D eigenvalue weighted by atomic mass is 15.3. The molecule has 0 radical (unpaired) electrons. The van der Waals surface area contributed by atoms with Crippen molar-refractivity contribution in [2.24, 2.45) is 7.05 Å². The minimum absolute atomic E-state index is 0.381. The van der Waals surface area contributed by atoms with E-state index in [1.807, 2.05) is 11.7 Å². The minimum atomic E-state index is 0.381. The third-order valence-electron chi connectivity index (χ3n) is 3.91. The molecule has 0 aromatic carbocycles. The number of aryl methyl sites for hydroxylation is 3. The molecule has 110 valence electrons. The van der Waals surface area contributed by atoms with E-state index in [-0.39, 0.29) is 0 Å². The fourth-order valence-electron chi connectivity index (χ4n) is 2.67. The topological polar surface area (TPSA) is 47.7 Å². The van der Waals surface area contributed by atoms with Crippen LogP contribution in [-0.2, 0) is 13.6 Å². The lowest BCUT2D eigenvalue weighted by Gasteiger charge is -2.10. The summed E-state index contributed by atoms with van der Waals surface area (Å²) in [5.41, 5.74) is 6.95. The summed E-state index contributed by atoms with van der Waals surface area (Å²) in [7, 11) is 1.99. The molecule has 0 atom stereocenters. The summed E-state index contributed by atoms with van der Waals surface area (Å²) in [6.45, 7) is 13.4. The van der Waals surface area contributed by atoms with Crippen LogP contribution in [0.1, 0.15) is 48.2 Å². The van der Waals surface area contributed by atoms with E-state index in [1.165, 1.54) is 17.0 Å². The van der Waals surface area contributed by atoms with E-state index in [2.05, 4.69) is 61.7 Å². The number of hydrogen-bond donors (Lipinski definition) is 1. The van der Waals surface area contributed by atoms with Gasteiger partial charge in [-0.25, -0.2) is 0 Å². The Hall–Kier alpha value is -1.78. The van der Waals surface area contributed by atoms with Gasteiger partial charge in [0, 0.05) is 30.9 Å². The highest BCUT2D eigenvalue weighted by Gasteiger charge is 2.15. The molecule has 0 spiro atoms. The molecule has 20 heavy (non-hydrogen) atoms. The van der Waals surface area contributed by atoms with E-state index in [1.54, 1.807) is 0 Å². The quantitative estimate of drug-likeness (QED) is 0.933. The summed E-state index contributed by atoms with van der Waals surface area (Å²) >= 11 is 0. The molecule has 2 rings (SSSR count). The van der Waals surface area contributed by atoms with Crippen LogP contribution in [0.5, 0.6) is 0 Å². The van der Waals surface area contributed by atoms with Crippen molar-refractivity contribution in [3.63, 3.8) is 0 Å². The van der Waals surface area contributed by atoms with Gasteiger partial charge in [-0.05, 0) is 41.5 Å². The minimum Gasteiger partial charge on any atom is -0.378 e. The van der Waals surface area contributed by atoms with Gasteiger partial charge in [0.25, 0.3) is 0 Å². The zero-order valence-corrected chi connectivity index (χ0v) is 13.6. The van der Waals surface area contributed by atoms with Crippen molar-refractivity contribution in [1.29, 1.82) is 0 Å². The average molecular weight is 275 g/mol. The Morgan fingerprint density at radius 1 is 1.00 bits per heavy atom. The molecule has 0 saturated heterocycles. The molecule has 0 bridgehead atoms. The van der Waals surface area contributed by atoms with E-state index >= 15 is 0 Å². The molecule has 0 fully saturated rings. The van der Waals surface area contributed by atoms with Crippen LogP contribution < -0.4 is 5.32 Å². The largest absolute Gasteiger partial charge is 0.378 e. The van der Waals surface area contributed by atoms with E-state index in [0.717, 1.165) is 23.6 Å². The molecule has 0 unspecified atom stereocenters. The Balaban J connectivity index is 2.23. The molecule has 2 heterocycles. The van der Waals surface area contributed by atoms with Gasteiger partial charge in [-0.15, -0.1) is 0 Å². The number of nitrogens with zero attached hydrogens (tertiary/aromatic N) is 4. The first-order valence-electron chi connectivity index (χ1n) is 7.11. The molecule has 0 aliphatic rings. The number of hydrogen-bond acceptors (Lipinski definition) is 3. The van der Waals surface area contributed by atoms with Crippen molar-refractivity contribution in [2.45, 2.75) is 54.1 Å². The number of aromatic nitrogens is 4. The second kappa shape index (κ2) is 5.31. The molecular weight excluding hydrogens is 250 g/mol. The molecular formula is C15H25N5. The van der Waals surface area contributed by atoms with Gasteiger partial charge in [-0.3, -0.25) is 9.36 Å². The van der Waals surface area contributed by atoms with Gasteiger partial charge < -0.3 is 5.32 Å². The summed E-state index contributed by atoms with van der Waals surface area (Å²) < 4.78 is 4.00. The average Bonchev–Trinajstić information content (AvgIpc) is 2.77. The van der Waals surface area contributed by atoms with Crippen molar-refractivity contribution < 1.29 is 0 Å². The molecule has 1 N–H and O–H groups in total. The predicted octanol–water partition coefficient (Wildman–Crippen LogP) is 3.04. The molecule has 5 nitrogen and oxygen atoms in total. The second-order valence-corrected chi connectivity index (χ2v) is 5.71. The Morgan fingerprint density at radius 2 is 1.65 bits per heavy atom. The van der Waals surface area contributed by atoms with Crippen molar-refractivity contribution in [1.82, 2.24) is 19.6 Å². The maximum atomic E-state index is 4.61. The summed E-state index contributed by atoms with van der Waals surface area (Å²) in [6, 6.07) is 0.381. The normalized spacial score (nSPS) is 11.4. The zero-order valence-electron chi connectivity index (χ0n) is 13.6. The first kappa shape index (κ1) is 14.6. The molecule has 2 aromatic rings. The molecule has 0 aliphatic carbocycles. The number of nitrogens with one attached hydrogen (secondary N) is 1. The van der Waals surface area contributed by atoms with E-state index in [4.69, 9.17) is 0 Å². The number of rotatable bonds is 4. The summed E-state index contributed by atoms with van der Waals surface area (Å²) in [6.07, 6.45) is 0. The van der Waals surface area contributed by atoms with Gasteiger partial charge in [-0.1, -0.05) is 0 Å². The van der Waals surface area contributed by atoms with Crippen LogP contribution in [0.2, 0.25) is 0 Å². The van der Waals surface area contributed by atoms with Crippen LogP contribution in [0.3, 0.4) is 0 Å². The van der Waals surface area contributed by atoms with Crippen molar-refractivity contribution in [3.8, 4) is 0 Å². The standard InChI is InChI=1S/C15H25N5/c1-9(2)20-13(6)15(11(4)18-20)16-8-14-10(3)17-19(7)12(14)5/h9,16H,8H2,1-7H3. The van der Waals surface area contributed by atoms with Gasteiger partial charge >= 0.3 is 0 Å². The summed E-state index contributed by atoms with van der Waals surface area (Å²) in [5.74, 6) is 0. The Bertz CT molecular complexity index is 619. The Morgan fingerprint density at radius 3 is 2.10 bits per heavy atom. The molecule has 2 aromatic heterocycles. The van der Waals surface area contributed by atoms with Crippen LogP contribution in [0.15, 0.2) is 0 Å². The van der Waals surface area contributed by atoms with Gasteiger partial charge in [0.15, 0.2) is 0 Å². The highest BCUT2D eigenvalue weighted by molar-refractivity contribution is 5.52. The Labute approximate surface area is 121 Å². The van der Waals surface area contributed by atoms with Crippen LogP contribution in [-0.4, -0.2) is 19.6 Å². The van der Waals surface area contributed by atoms with E-state index < -0.39 is 0 Å². The van der Waals surface area contributed by atoms with Crippen molar-refractivity contribution in [3.05, 3.63) is 28.3 Å². The SMILES string of the molecule is Cc1nn(C)c(C)c1CNc1c(C)nn(C(C)C)c1C. The molecule has 5 heteroatoms. The first-order valence-corrected chi connectivity index (χ1v) is 7.11. The van der Waals surface area contributed by atoms with Gasteiger partial charge in [0.1, 0.15) is 0 Å². The monoisotopic (exact) mass is 275 g/mol. The zero-order chi connectivity index (χ0) is 15.0. The molecule has 0 amide bonds. The lowest BCUT2D eigenvalue weighted by atomic mass is 10.2. The van der Waals surface area contributed by atoms with Crippen LogP contribution in [0.4, 0.5) is 5.69 Å². The summed E-state index contributed by atoms with van der Waals surface area (Å²) in [5, 5.41) is 12.6. The first-order chi connectivity index (χ1) is 9.32. The van der Waals surface area contributed by atoms with Crippen LogP contribution in [0.25, 0.3) is 0 Å². The Kier molecular flexibility index (Phi) is 3.88. The molecule has 0 saturated carbocycles. The maximum Gasteiger partial charge on any atom is 0.0828 e. The smallest absolute Gasteiger partial charge is 0.0828 e. The third-order valence-corrected chi connectivity index (χ3v) is 3.91. The van der Waals surface area contributed by atoms with Crippen molar-refractivity contribution >= 4 is 5.69 Å². The fourth-order valence-corrected chi connectivity index (χ4v) is 2.67. The van der Waals surface area contributed by atoms with E-state index in [0.29, 0.717) is 6.04 Å². The van der Waals surface area contributed by atoms with Gasteiger partial charge in [-0.2, -0.15) is 10.2 Å². The molecule has 0 aliphatic heterocycles. The fraction of sp³-hybridized carbons (Fsp3) is 0.600. The van der Waals surface area contributed by atoms with E-state index in [9.17, 15) is 0 Å². The lowest BCUT2D eigenvalue weighted by molar-refractivity contribution is 0.516. The maximum absolute atomic E-state index is 4.61.